The first kappa shape index (κ1) is 15.6. The van der Waals surface area contributed by atoms with E-state index < -0.39 is 0 Å². The van der Waals surface area contributed by atoms with Gasteiger partial charge >= 0.3 is 0 Å². The average molecular weight is 317 g/mol. The summed E-state index contributed by atoms with van der Waals surface area (Å²) in [5, 5.41) is 0. The SMILES string of the molecule is CN1CCC(CC#Cc2c[c-]c(N)cn2)CC1.[Y]. The van der Waals surface area contributed by atoms with Gasteiger partial charge in [-0.3, -0.25) is 0 Å². The summed E-state index contributed by atoms with van der Waals surface area (Å²) in [6.45, 7) is 2.39. The van der Waals surface area contributed by atoms with Crippen LogP contribution in [0.1, 0.15) is 25.0 Å². The van der Waals surface area contributed by atoms with Gasteiger partial charge in [0.05, 0.1) is 0 Å². The number of pyridine rings is 1. The molecule has 2 rings (SSSR count). The Morgan fingerprint density at radius 2 is 2.22 bits per heavy atom. The molecular formula is C14H18N3Y-. The number of nitrogens with zero attached hydrogens (tertiary/aromatic N) is 2. The van der Waals surface area contributed by atoms with Gasteiger partial charge in [-0.25, -0.2) is 0 Å². The molecule has 0 amide bonds. The van der Waals surface area contributed by atoms with E-state index in [-0.39, 0.29) is 32.7 Å². The Balaban J connectivity index is 0.00000162. The van der Waals surface area contributed by atoms with Gasteiger partial charge in [0.1, 0.15) is 0 Å². The van der Waals surface area contributed by atoms with Crippen LogP contribution in [0.15, 0.2) is 12.3 Å². The van der Waals surface area contributed by atoms with Gasteiger partial charge in [-0.05, 0) is 44.6 Å². The van der Waals surface area contributed by atoms with Crippen LogP contribution in [0.3, 0.4) is 0 Å². The third-order valence-electron chi connectivity index (χ3n) is 3.16. The molecule has 1 aliphatic rings. The average Bonchev–Trinajstić information content (AvgIpc) is 2.34. The van der Waals surface area contributed by atoms with Crippen molar-refractivity contribution in [2.45, 2.75) is 19.3 Å². The van der Waals surface area contributed by atoms with Crippen molar-refractivity contribution in [3.63, 3.8) is 0 Å². The third-order valence-corrected chi connectivity index (χ3v) is 3.16. The fourth-order valence-electron chi connectivity index (χ4n) is 1.99. The van der Waals surface area contributed by atoms with E-state index in [9.17, 15) is 0 Å². The molecule has 0 spiro atoms. The molecule has 2 N–H and O–H groups in total. The maximum absolute atomic E-state index is 5.51. The zero-order chi connectivity index (χ0) is 12.1. The van der Waals surface area contributed by atoms with Crippen LogP contribution < -0.4 is 5.73 Å². The smallest absolute Gasteiger partial charge is 0.0111 e. The molecule has 0 unspecified atom stereocenters. The molecule has 0 bridgehead atoms. The van der Waals surface area contributed by atoms with Crippen LogP contribution in [0.4, 0.5) is 5.69 Å². The van der Waals surface area contributed by atoms with Crippen molar-refractivity contribution >= 4 is 5.69 Å². The predicted octanol–water partition coefficient (Wildman–Crippen LogP) is 1.54. The molecular weight excluding hydrogens is 299 g/mol. The second kappa shape index (κ2) is 7.89. The van der Waals surface area contributed by atoms with E-state index in [2.05, 4.69) is 34.8 Å². The molecule has 1 aromatic heterocycles. The molecule has 3 nitrogen and oxygen atoms in total. The minimum Gasteiger partial charge on any atom is -0.418 e. The van der Waals surface area contributed by atoms with Crippen molar-refractivity contribution in [2.75, 3.05) is 25.9 Å². The molecule has 93 valence electrons. The molecule has 1 fully saturated rings. The Morgan fingerprint density at radius 3 is 2.83 bits per heavy atom. The Morgan fingerprint density at radius 1 is 1.50 bits per heavy atom. The normalized spacial score (nSPS) is 16.5. The summed E-state index contributed by atoms with van der Waals surface area (Å²) in [6.07, 6.45) is 5.08. The number of nitrogens with two attached hydrogens (primary N) is 1. The number of rotatable bonds is 1. The van der Waals surface area contributed by atoms with E-state index in [4.69, 9.17) is 5.73 Å². The number of nitrogen functional groups attached to an aromatic ring is 1. The Hall–Kier alpha value is -0.426. The maximum atomic E-state index is 5.51. The first-order chi connectivity index (χ1) is 8.24. The maximum Gasteiger partial charge on any atom is 0.0111 e. The van der Waals surface area contributed by atoms with Crippen LogP contribution in [0.25, 0.3) is 0 Å². The van der Waals surface area contributed by atoms with Gasteiger partial charge in [-0.2, -0.15) is 6.07 Å². The number of hydrogen-bond acceptors (Lipinski definition) is 3. The molecule has 2 heterocycles. The van der Waals surface area contributed by atoms with Crippen LogP contribution in [0.2, 0.25) is 0 Å². The molecule has 4 heteroatoms. The summed E-state index contributed by atoms with van der Waals surface area (Å²) in [5.41, 5.74) is 6.83. The minimum atomic E-state index is 0. The Labute approximate surface area is 134 Å². The van der Waals surface area contributed by atoms with Crippen LogP contribution >= 0.6 is 0 Å². The minimum absolute atomic E-state index is 0. The molecule has 1 saturated heterocycles. The van der Waals surface area contributed by atoms with Crippen LogP contribution in [0.5, 0.6) is 0 Å². The third kappa shape index (κ3) is 5.06. The molecule has 0 saturated carbocycles. The van der Waals surface area contributed by atoms with Gasteiger partial charge in [0.15, 0.2) is 0 Å². The topological polar surface area (TPSA) is 42.1 Å². The van der Waals surface area contributed by atoms with E-state index in [1.165, 1.54) is 25.9 Å². The first-order valence-corrected chi connectivity index (χ1v) is 6.04. The number of likely N-dealkylation sites (tertiary alicyclic amines) is 1. The van der Waals surface area contributed by atoms with Crippen molar-refractivity contribution in [1.29, 1.82) is 0 Å². The van der Waals surface area contributed by atoms with Crippen molar-refractivity contribution < 1.29 is 32.7 Å². The Kier molecular flexibility index (Phi) is 6.85. The van der Waals surface area contributed by atoms with Gasteiger partial charge in [0.2, 0.25) is 0 Å². The fraction of sp³-hybridized carbons (Fsp3) is 0.500. The molecule has 0 aromatic carbocycles. The van der Waals surface area contributed by atoms with E-state index in [1.807, 2.05) is 0 Å². The zero-order valence-corrected chi connectivity index (χ0v) is 13.7. The van der Waals surface area contributed by atoms with E-state index in [0.717, 1.165) is 18.0 Å². The van der Waals surface area contributed by atoms with Crippen molar-refractivity contribution in [1.82, 2.24) is 9.88 Å². The van der Waals surface area contributed by atoms with Gasteiger partial charge in [0, 0.05) is 39.1 Å². The number of anilines is 1. The monoisotopic (exact) mass is 317 g/mol. The second-order valence-electron chi connectivity index (χ2n) is 4.64. The van der Waals surface area contributed by atoms with Gasteiger partial charge < -0.3 is 15.6 Å². The zero-order valence-electron chi connectivity index (χ0n) is 10.8. The van der Waals surface area contributed by atoms with Crippen LogP contribution in [-0.2, 0) is 32.7 Å². The quantitative estimate of drug-likeness (QED) is 0.631. The number of hydrogen-bond donors (Lipinski definition) is 1. The summed E-state index contributed by atoms with van der Waals surface area (Å²) in [7, 11) is 2.18. The largest absolute Gasteiger partial charge is 0.418 e. The Bertz CT molecular complexity index is 411. The molecule has 1 aliphatic heterocycles. The van der Waals surface area contributed by atoms with Crippen LogP contribution in [-0.4, -0.2) is 30.0 Å². The van der Waals surface area contributed by atoms with Gasteiger partial charge in [0.25, 0.3) is 0 Å². The summed E-state index contributed by atoms with van der Waals surface area (Å²) < 4.78 is 0. The molecule has 0 aliphatic carbocycles. The van der Waals surface area contributed by atoms with Gasteiger partial charge in [-0.15, -0.1) is 17.9 Å². The van der Waals surface area contributed by atoms with Crippen molar-refractivity contribution in [3.8, 4) is 11.8 Å². The van der Waals surface area contributed by atoms with E-state index in [0.29, 0.717) is 5.69 Å². The number of piperidine rings is 1. The summed E-state index contributed by atoms with van der Waals surface area (Å²) in [5.74, 6) is 7.03. The number of aromatic nitrogens is 1. The summed E-state index contributed by atoms with van der Waals surface area (Å²) in [6, 6.07) is 4.65. The summed E-state index contributed by atoms with van der Waals surface area (Å²) in [4.78, 5) is 6.51. The summed E-state index contributed by atoms with van der Waals surface area (Å²) >= 11 is 0. The molecule has 18 heavy (non-hydrogen) atoms. The van der Waals surface area contributed by atoms with Crippen molar-refractivity contribution in [2.24, 2.45) is 5.92 Å². The molecule has 1 radical (unpaired) electrons. The van der Waals surface area contributed by atoms with E-state index in [1.54, 1.807) is 12.3 Å². The van der Waals surface area contributed by atoms with Gasteiger partial charge in [-0.1, -0.05) is 11.9 Å². The first-order valence-electron chi connectivity index (χ1n) is 6.04. The fourth-order valence-corrected chi connectivity index (χ4v) is 1.99. The molecule has 0 atom stereocenters. The van der Waals surface area contributed by atoms with E-state index >= 15 is 0 Å². The standard InChI is InChI=1S/C14H18N3.Y/c1-17-9-7-12(8-10-17)3-2-4-14-6-5-13(15)11-16-14;/h6,11-12H,3,7-10,15H2,1H3;/q-1;. The second-order valence-corrected chi connectivity index (χ2v) is 4.64. The predicted molar refractivity (Wildman–Crippen MR) is 69.2 cm³/mol. The molecule has 1 aromatic rings. The van der Waals surface area contributed by atoms with Crippen molar-refractivity contribution in [3.05, 3.63) is 24.0 Å². The van der Waals surface area contributed by atoms with Crippen LogP contribution in [0, 0.1) is 23.8 Å².